The van der Waals surface area contributed by atoms with E-state index in [-0.39, 0.29) is 12.0 Å². The molecule has 4 heteroatoms. The number of nitrogens with zero attached hydrogens (tertiary/aromatic N) is 1. The molecule has 1 aliphatic rings. The number of guanidine groups is 1. The van der Waals surface area contributed by atoms with Gasteiger partial charge >= 0.3 is 0 Å². The maximum Gasteiger partial charge on any atom is 0.191 e. The van der Waals surface area contributed by atoms with E-state index >= 15 is 0 Å². The molecule has 0 aliphatic heterocycles. The maximum absolute atomic E-state index is 9.43. The predicted molar refractivity (Wildman–Crippen MR) is 96.5 cm³/mol. The largest absolute Gasteiger partial charge is 0.396 e. The van der Waals surface area contributed by atoms with Crippen LogP contribution in [0.1, 0.15) is 51.0 Å². The van der Waals surface area contributed by atoms with E-state index in [2.05, 4.69) is 29.7 Å². The Morgan fingerprint density at radius 3 is 2.52 bits per heavy atom. The molecule has 0 amide bonds. The summed E-state index contributed by atoms with van der Waals surface area (Å²) in [4.78, 5) is 4.69. The Balaban J connectivity index is 1.94. The van der Waals surface area contributed by atoms with Crippen molar-refractivity contribution in [3.63, 3.8) is 0 Å². The van der Waals surface area contributed by atoms with E-state index in [1.165, 1.54) is 37.7 Å². The molecule has 128 valence electrons. The zero-order valence-electron chi connectivity index (χ0n) is 14.4. The Kier molecular flexibility index (Phi) is 7.40. The van der Waals surface area contributed by atoms with E-state index in [9.17, 15) is 5.11 Å². The lowest BCUT2D eigenvalue weighted by Crippen LogP contribution is -2.44. The summed E-state index contributed by atoms with van der Waals surface area (Å²) in [6.45, 7) is 4.80. The molecule has 0 atom stereocenters. The van der Waals surface area contributed by atoms with Crippen LogP contribution in [0, 0.1) is 5.41 Å². The molecular formula is C19H31N3O. The van der Waals surface area contributed by atoms with Gasteiger partial charge in [0.25, 0.3) is 0 Å². The van der Waals surface area contributed by atoms with Crippen molar-refractivity contribution in [1.82, 2.24) is 10.6 Å². The third kappa shape index (κ3) is 5.87. The average molecular weight is 317 g/mol. The second kappa shape index (κ2) is 9.56. The van der Waals surface area contributed by atoms with Gasteiger partial charge in [0.1, 0.15) is 0 Å². The molecule has 1 saturated carbocycles. The van der Waals surface area contributed by atoms with Crippen LogP contribution in [-0.4, -0.2) is 30.8 Å². The Morgan fingerprint density at radius 1 is 1.13 bits per heavy atom. The number of hydrogen-bond donors (Lipinski definition) is 3. The summed E-state index contributed by atoms with van der Waals surface area (Å²) >= 11 is 0. The maximum atomic E-state index is 9.43. The smallest absolute Gasteiger partial charge is 0.191 e. The van der Waals surface area contributed by atoms with Crippen LogP contribution in [0.4, 0.5) is 0 Å². The van der Waals surface area contributed by atoms with Crippen LogP contribution >= 0.6 is 0 Å². The molecule has 0 aromatic heterocycles. The Bertz CT molecular complexity index is 461. The third-order valence-electron chi connectivity index (χ3n) is 4.79. The Morgan fingerprint density at radius 2 is 1.87 bits per heavy atom. The van der Waals surface area contributed by atoms with Gasteiger partial charge < -0.3 is 15.7 Å². The molecule has 0 heterocycles. The third-order valence-corrected chi connectivity index (χ3v) is 4.79. The first-order valence-electron chi connectivity index (χ1n) is 8.95. The van der Waals surface area contributed by atoms with Crippen LogP contribution in [0.5, 0.6) is 0 Å². The Labute approximate surface area is 140 Å². The van der Waals surface area contributed by atoms with E-state index in [1.54, 1.807) is 0 Å². The van der Waals surface area contributed by atoms with Gasteiger partial charge in [-0.1, -0.05) is 49.6 Å². The molecule has 0 bridgehead atoms. The highest BCUT2D eigenvalue weighted by Crippen LogP contribution is 2.38. The number of aliphatic imine (C=N–C) groups is 1. The lowest BCUT2D eigenvalue weighted by atomic mass is 9.72. The summed E-state index contributed by atoms with van der Waals surface area (Å²) in [6.07, 6.45) is 7.18. The van der Waals surface area contributed by atoms with E-state index in [0.717, 1.165) is 25.5 Å². The van der Waals surface area contributed by atoms with Gasteiger partial charge in [0.2, 0.25) is 0 Å². The van der Waals surface area contributed by atoms with Gasteiger partial charge in [-0.25, -0.2) is 4.99 Å². The van der Waals surface area contributed by atoms with Crippen LogP contribution < -0.4 is 10.6 Å². The first kappa shape index (κ1) is 17.8. The lowest BCUT2D eigenvalue weighted by molar-refractivity contribution is 0.131. The number of aliphatic hydroxyl groups is 1. The molecule has 0 saturated heterocycles. The van der Waals surface area contributed by atoms with Crippen LogP contribution in [0.25, 0.3) is 0 Å². The zero-order chi connectivity index (χ0) is 16.4. The summed E-state index contributed by atoms with van der Waals surface area (Å²) < 4.78 is 0. The highest BCUT2D eigenvalue weighted by atomic mass is 16.3. The number of nitrogens with one attached hydrogen (secondary N) is 2. The number of benzene rings is 1. The van der Waals surface area contributed by atoms with Gasteiger partial charge in [-0.3, -0.25) is 0 Å². The van der Waals surface area contributed by atoms with Crippen molar-refractivity contribution >= 4 is 5.96 Å². The second-order valence-electron chi connectivity index (χ2n) is 6.57. The fraction of sp³-hybridized carbons (Fsp3) is 0.632. The summed E-state index contributed by atoms with van der Waals surface area (Å²) in [5.41, 5.74) is 1.45. The van der Waals surface area contributed by atoms with Crippen molar-refractivity contribution in [2.75, 3.05) is 19.7 Å². The van der Waals surface area contributed by atoms with Crippen LogP contribution in [0.2, 0.25) is 0 Å². The average Bonchev–Trinajstić information content (AvgIpc) is 2.59. The first-order valence-corrected chi connectivity index (χ1v) is 8.95. The topological polar surface area (TPSA) is 56.7 Å². The van der Waals surface area contributed by atoms with Gasteiger partial charge in [0.05, 0.1) is 6.54 Å². The van der Waals surface area contributed by atoms with E-state index in [4.69, 9.17) is 4.99 Å². The van der Waals surface area contributed by atoms with Crippen molar-refractivity contribution in [1.29, 1.82) is 0 Å². The molecule has 0 spiro atoms. The van der Waals surface area contributed by atoms with Crippen molar-refractivity contribution < 1.29 is 5.11 Å². The van der Waals surface area contributed by atoms with Gasteiger partial charge in [0.15, 0.2) is 5.96 Å². The van der Waals surface area contributed by atoms with Crippen molar-refractivity contribution in [2.45, 2.75) is 52.0 Å². The summed E-state index contributed by atoms with van der Waals surface area (Å²) in [7, 11) is 0. The highest BCUT2D eigenvalue weighted by Gasteiger charge is 2.31. The van der Waals surface area contributed by atoms with Gasteiger partial charge in [-0.15, -0.1) is 0 Å². The number of hydrogen-bond acceptors (Lipinski definition) is 2. The molecule has 23 heavy (non-hydrogen) atoms. The van der Waals surface area contributed by atoms with Crippen LogP contribution in [0.3, 0.4) is 0 Å². The minimum atomic E-state index is 0.232. The van der Waals surface area contributed by atoms with Crippen molar-refractivity contribution in [3.8, 4) is 0 Å². The highest BCUT2D eigenvalue weighted by molar-refractivity contribution is 5.79. The molecule has 1 aromatic rings. The van der Waals surface area contributed by atoms with Gasteiger partial charge in [-0.2, -0.15) is 0 Å². The fourth-order valence-corrected chi connectivity index (χ4v) is 3.42. The lowest BCUT2D eigenvalue weighted by Gasteiger charge is -2.37. The van der Waals surface area contributed by atoms with Crippen molar-refractivity contribution in [3.05, 3.63) is 35.9 Å². The molecule has 1 aliphatic carbocycles. The summed E-state index contributed by atoms with van der Waals surface area (Å²) in [6, 6.07) is 10.3. The monoisotopic (exact) mass is 317 g/mol. The molecule has 3 N–H and O–H groups in total. The Hall–Kier alpha value is -1.55. The molecular weight excluding hydrogens is 286 g/mol. The normalized spacial score (nSPS) is 17.7. The van der Waals surface area contributed by atoms with E-state index < -0.39 is 0 Å². The molecule has 0 radical (unpaired) electrons. The first-order chi connectivity index (χ1) is 11.3. The number of rotatable bonds is 7. The predicted octanol–water partition coefficient (Wildman–Crippen LogP) is 3.07. The SMILES string of the molecule is CCNC(=NCc1ccccc1)NCC1(CCO)CCCCC1. The summed E-state index contributed by atoms with van der Waals surface area (Å²) in [5.74, 6) is 0.874. The van der Waals surface area contributed by atoms with E-state index in [0.29, 0.717) is 6.54 Å². The number of aliphatic hydroxyl groups excluding tert-OH is 1. The molecule has 0 unspecified atom stereocenters. The van der Waals surface area contributed by atoms with E-state index in [1.807, 2.05) is 18.2 Å². The van der Waals surface area contributed by atoms with Gasteiger partial charge in [-0.05, 0) is 37.2 Å². The quantitative estimate of drug-likeness (QED) is 0.535. The summed E-state index contributed by atoms with van der Waals surface area (Å²) in [5, 5.41) is 16.3. The van der Waals surface area contributed by atoms with Crippen molar-refractivity contribution in [2.24, 2.45) is 10.4 Å². The van der Waals surface area contributed by atoms with Crippen LogP contribution in [-0.2, 0) is 6.54 Å². The zero-order valence-corrected chi connectivity index (χ0v) is 14.4. The standard InChI is InChI=1S/C19H31N3O/c1-2-20-18(21-15-17-9-5-3-6-10-17)22-16-19(13-14-23)11-7-4-8-12-19/h3,5-6,9-10,23H,2,4,7-8,11-16H2,1H3,(H2,20,21,22). The molecule has 4 nitrogen and oxygen atoms in total. The molecule has 1 fully saturated rings. The van der Waals surface area contributed by atoms with Gasteiger partial charge in [0, 0.05) is 19.7 Å². The molecule has 2 rings (SSSR count). The molecule has 1 aromatic carbocycles. The minimum Gasteiger partial charge on any atom is -0.396 e. The minimum absolute atomic E-state index is 0.232. The second-order valence-corrected chi connectivity index (χ2v) is 6.57. The van der Waals surface area contributed by atoms with Crippen LogP contribution in [0.15, 0.2) is 35.3 Å². The fourth-order valence-electron chi connectivity index (χ4n) is 3.42.